The molecule has 1 rings (SSSR count). The lowest BCUT2D eigenvalue weighted by molar-refractivity contribution is -0.143. The van der Waals surface area contributed by atoms with Crippen LogP contribution in [0.15, 0.2) is 0 Å². The van der Waals surface area contributed by atoms with Crippen LogP contribution in [0.3, 0.4) is 0 Å². The molecule has 4 N–H and O–H groups in total. The molecule has 9 heteroatoms. The number of ether oxygens (including phenoxy) is 1. The number of hydrogen-bond donors (Lipinski definition) is 4. The molecule has 0 unspecified atom stereocenters. The minimum Gasteiger partial charge on any atom is -0.480 e. The first-order valence-electron chi connectivity index (χ1n) is 12.0. The molecule has 190 valence electrons. The molecule has 1 aliphatic rings. The Morgan fingerprint density at radius 2 is 1.55 bits per heavy atom. The van der Waals surface area contributed by atoms with Crippen molar-refractivity contribution in [2.75, 3.05) is 6.54 Å². The van der Waals surface area contributed by atoms with E-state index in [4.69, 9.17) is 4.74 Å². The van der Waals surface area contributed by atoms with E-state index in [1.165, 1.54) is 0 Å². The first kappa shape index (κ1) is 28.7. The largest absolute Gasteiger partial charge is 0.480 e. The highest BCUT2D eigenvalue weighted by Gasteiger charge is 2.31. The number of aliphatic carboxylic acids is 1. The van der Waals surface area contributed by atoms with Crippen LogP contribution in [0.25, 0.3) is 0 Å². The molecule has 0 aromatic heterocycles. The summed E-state index contributed by atoms with van der Waals surface area (Å²) in [5.41, 5.74) is -0.647. The van der Waals surface area contributed by atoms with Gasteiger partial charge in [-0.05, 0) is 70.6 Å². The number of nitrogens with one attached hydrogen (secondary N) is 3. The minimum atomic E-state index is -1.01. The maximum absolute atomic E-state index is 12.7. The van der Waals surface area contributed by atoms with Crippen LogP contribution in [0.4, 0.5) is 4.79 Å². The summed E-state index contributed by atoms with van der Waals surface area (Å²) in [6.45, 7) is 13.3. The Morgan fingerprint density at radius 1 is 0.970 bits per heavy atom. The highest BCUT2D eigenvalue weighted by Crippen LogP contribution is 2.29. The Hall–Kier alpha value is -2.32. The highest BCUT2D eigenvalue weighted by molar-refractivity contribution is 5.86. The number of hydrogen-bond acceptors (Lipinski definition) is 5. The third-order valence-electron chi connectivity index (χ3n) is 5.73. The molecular formula is C24H43N3O6. The standard InChI is InChI=1S/C24H43N3O6/c1-14(2)12-18(22(30)31)26-20(28)17-10-8-16(9-11-17)13-25-21(29)19(15(3)4)27-23(32)33-24(5,6)7/h14-19H,8-13H2,1-7H3,(H,25,29)(H,26,28)(H,27,32)(H,30,31)/t16?,17?,18-,19+/m1/s1. The second-order valence-electron chi connectivity index (χ2n) is 10.9. The number of alkyl carbamates (subject to hydrolysis) is 1. The van der Waals surface area contributed by atoms with E-state index in [0.29, 0.717) is 25.8 Å². The lowest BCUT2D eigenvalue weighted by atomic mass is 9.81. The van der Waals surface area contributed by atoms with Crippen LogP contribution in [-0.2, 0) is 19.1 Å². The lowest BCUT2D eigenvalue weighted by Gasteiger charge is -2.30. The average Bonchev–Trinajstić information content (AvgIpc) is 2.68. The van der Waals surface area contributed by atoms with E-state index in [0.717, 1.165) is 12.8 Å². The molecule has 0 aromatic carbocycles. The summed E-state index contributed by atoms with van der Waals surface area (Å²) in [6, 6.07) is -1.56. The Balaban J connectivity index is 2.50. The highest BCUT2D eigenvalue weighted by atomic mass is 16.6. The normalized spacial score (nSPS) is 20.6. The van der Waals surface area contributed by atoms with Gasteiger partial charge in [-0.25, -0.2) is 9.59 Å². The summed E-state index contributed by atoms with van der Waals surface area (Å²) in [4.78, 5) is 48.7. The molecule has 0 saturated heterocycles. The van der Waals surface area contributed by atoms with Gasteiger partial charge in [0, 0.05) is 12.5 Å². The molecule has 0 bridgehead atoms. The predicted molar refractivity (Wildman–Crippen MR) is 125 cm³/mol. The third kappa shape index (κ3) is 10.9. The van der Waals surface area contributed by atoms with Gasteiger partial charge >= 0.3 is 12.1 Å². The number of carbonyl (C=O) groups excluding carboxylic acids is 3. The van der Waals surface area contributed by atoms with Gasteiger partial charge in [-0.15, -0.1) is 0 Å². The number of amides is 3. The van der Waals surface area contributed by atoms with Crippen LogP contribution >= 0.6 is 0 Å². The van der Waals surface area contributed by atoms with E-state index >= 15 is 0 Å². The van der Waals surface area contributed by atoms with Gasteiger partial charge in [0.2, 0.25) is 11.8 Å². The Kier molecular flexibility index (Phi) is 11.1. The summed E-state index contributed by atoms with van der Waals surface area (Å²) in [5.74, 6) is -1.37. The van der Waals surface area contributed by atoms with Crippen LogP contribution in [0.5, 0.6) is 0 Å². The molecule has 33 heavy (non-hydrogen) atoms. The molecule has 1 aliphatic carbocycles. The zero-order valence-corrected chi connectivity index (χ0v) is 21.2. The zero-order chi connectivity index (χ0) is 25.3. The summed E-state index contributed by atoms with van der Waals surface area (Å²) < 4.78 is 5.26. The molecule has 2 atom stereocenters. The summed E-state index contributed by atoms with van der Waals surface area (Å²) in [7, 11) is 0. The maximum Gasteiger partial charge on any atom is 0.408 e. The Morgan fingerprint density at radius 3 is 2.00 bits per heavy atom. The molecular weight excluding hydrogens is 426 g/mol. The number of carboxylic acids is 1. The van der Waals surface area contributed by atoms with Crippen molar-refractivity contribution in [1.29, 1.82) is 0 Å². The average molecular weight is 470 g/mol. The summed E-state index contributed by atoms with van der Waals surface area (Å²) in [6.07, 6.45) is 2.63. The van der Waals surface area contributed by atoms with Gasteiger partial charge in [0.15, 0.2) is 0 Å². The fourth-order valence-corrected chi connectivity index (χ4v) is 3.94. The van der Waals surface area contributed by atoms with Gasteiger partial charge in [-0.3, -0.25) is 9.59 Å². The molecule has 1 saturated carbocycles. The van der Waals surface area contributed by atoms with Crippen molar-refractivity contribution in [2.24, 2.45) is 23.7 Å². The lowest BCUT2D eigenvalue weighted by Crippen LogP contribution is -2.51. The monoisotopic (exact) mass is 469 g/mol. The van der Waals surface area contributed by atoms with Crippen LogP contribution in [-0.4, -0.2) is 53.2 Å². The third-order valence-corrected chi connectivity index (χ3v) is 5.73. The van der Waals surface area contributed by atoms with Crippen molar-refractivity contribution in [3.63, 3.8) is 0 Å². The van der Waals surface area contributed by atoms with Crippen molar-refractivity contribution in [3.05, 3.63) is 0 Å². The molecule has 0 aromatic rings. The van der Waals surface area contributed by atoms with Gasteiger partial charge in [0.25, 0.3) is 0 Å². The van der Waals surface area contributed by atoms with E-state index in [1.807, 2.05) is 27.7 Å². The molecule has 0 spiro atoms. The summed E-state index contributed by atoms with van der Waals surface area (Å²) in [5, 5.41) is 17.6. The van der Waals surface area contributed by atoms with Crippen molar-refractivity contribution in [1.82, 2.24) is 16.0 Å². The van der Waals surface area contributed by atoms with Crippen LogP contribution < -0.4 is 16.0 Å². The first-order valence-corrected chi connectivity index (χ1v) is 12.0. The van der Waals surface area contributed by atoms with Crippen LogP contribution in [0.1, 0.15) is 80.6 Å². The molecule has 0 aliphatic heterocycles. The van der Waals surface area contributed by atoms with E-state index < -0.39 is 29.7 Å². The van der Waals surface area contributed by atoms with Crippen molar-refractivity contribution >= 4 is 23.9 Å². The first-order chi connectivity index (χ1) is 15.2. The predicted octanol–water partition coefficient (Wildman–Crippen LogP) is 3.07. The fourth-order valence-electron chi connectivity index (χ4n) is 3.94. The maximum atomic E-state index is 12.7. The van der Waals surface area contributed by atoms with Gasteiger partial charge in [0.05, 0.1) is 0 Å². The number of carbonyl (C=O) groups is 4. The Labute approximate surface area is 197 Å². The van der Waals surface area contributed by atoms with E-state index in [2.05, 4.69) is 16.0 Å². The van der Waals surface area contributed by atoms with Gasteiger partial charge in [-0.1, -0.05) is 27.7 Å². The molecule has 9 nitrogen and oxygen atoms in total. The smallest absolute Gasteiger partial charge is 0.408 e. The van der Waals surface area contributed by atoms with E-state index in [9.17, 15) is 24.3 Å². The van der Waals surface area contributed by atoms with E-state index in [-0.39, 0.29) is 35.5 Å². The van der Waals surface area contributed by atoms with Gasteiger partial charge < -0.3 is 25.8 Å². The van der Waals surface area contributed by atoms with Gasteiger partial charge in [0.1, 0.15) is 17.7 Å². The topological polar surface area (TPSA) is 134 Å². The van der Waals surface area contributed by atoms with Crippen LogP contribution in [0.2, 0.25) is 0 Å². The second kappa shape index (κ2) is 12.8. The molecule has 1 fully saturated rings. The second-order valence-corrected chi connectivity index (χ2v) is 10.9. The Bertz CT molecular complexity index is 678. The summed E-state index contributed by atoms with van der Waals surface area (Å²) >= 11 is 0. The quantitative estimate of drug-likeness (QED) is 0.388. The number of rotatable bonds is 10. The van der Waals surface area contributed by atoms with E-state index in [1.54, 1.807) is 20.8 Å². The van der Waals surface area contributed by atoms with Gasteiger partial charge in [-0.2, -0.15) is 0 Å². The van der Waals surface area contributed by atoms with Crippen molar-refractivity contribution in [2.45, 2.75) is 98.3 Å². The number of carboxylic acid groups (broad SMARTS) is 1. The molecule has 0 radical (unpaired) electrons. The van der Waals surface area contributed by atoms with Crippen molar-refractivity contribution < 1.29 is 29.0 Å². The fraction of sp³-hybridized carbons (Fsp3) is 0.833. The molecule has 0 heterocycles. The molecule has 3 amide bonds. The van der Waals surface area contributed by atoms with Crippen LogP contribution in [0, 0.1) is 23.7 Å². The zero-order valence-electron chi connectivity index (χ0n) is 21.2. The van der Waals surface area contributed by atoms with Crippen molar-refractivity contribution in [3.8, 4) is 0 Å². The SMILES string of the molecule is CC(C)C[C@@H](NC(=O)C1CCC(CNC(=O)[C@@H](NC(=O)OC(C)(C)C)C(C)C)CC1)C(=O)O. The minimum absolute atomic E-state index is 0.107.